The van der Waals surface area contributed by atoms with Gasteiger partial charge in [0.2, 0.25) is 0 Å². The van der Waals surface area contributed by atoms with Gasteiger partial charge in [-0.1, -0.05) is 158 Å². The van der Waals surface area contributed by atoms with E-state index >= 15 is 0 Å². The summed E-state index contributed by atoms with van der Waals surface area (Å²) in [6, 6.07) is 71.8. The molecule has 0 radical (unpaired) electrons. The second kappa shape index (κ2) is 14.0. The second-order valence-electron chi connectivity index (χ2n) is 14.4. The Hall–Kier alpha value is -7.89. The molecular weight excluding hydrogens is 709 g/mol. The maximum absolute atomic E-state index is 6.69. The molecule has 0 aliphatic carbocycles. The molecular formula is C53H34N4O. The summed E-state index contributed by atoms with van der Waals surface area (Å²) < 4.78 is 6.69. The third kappa shape index (κ3) is 5.94. The summed E-state index contributed by atoms with van der Waals surface area (Å²) in [7, 11) is 0. The third-order valence-corrected chi connectivity index (χ3v) is 10.9. The molecule has 0 aliphatic rings. The molecule has 0 spiro atoms. The molecule has 11 rings (SSSR count). The minimum atomic E-state index is 0.577. The highest BCUT2D eigenvalue weighted by Crippen LogP contribution is 2.46. The number of hydrogen-bond acceptors (Lipinski definition) is 5. The first kappa shape index (κ1) is 33.4. The van der Waals surface area contributed by atoms with Crippen LogP contribution in [0.25, 0.3) is 88.8 Å². The van der Waals surface area contributed by atoms with Gasteiger partial charge in [0, 0.05) is 33.5 Å². The van der Waals surface area contributed by atoms with Crippen molar-refractivity contribution in [3.63, 3.8) is 0 Å². The normalized spacial score (nSPS) is 11.4. The Bertz CT molecular complexity index is 3230. The van der Waals surface area contributed by atoms with Crippen molar-refractivity contribution in [2.24, 2.45) is 0 Å². The van der Waals surface area contributed by atoms with Gasteiger partial charge < -0.3 is 9.32 Å². The number of anilines is 3. The monoisotopic (exact) mass is 742 g/mol. The van der Waals surface area contributed by atoms with Crippen molar-refractivity contribution in [3.05, 3.63) is 206 Å². The lowest BCUT2D eigenvalue weighted by atomic mass is 10.00. The molecule has 0 atom stereocenters. The predicted octanol–water partition coefficient (Wildman–Crippen LogP) is 14.2. The second-order valence-corrected chi connectivity index (χ2v) is 14.4. The third-order valence-electron chi connectivity index (χ3n) is 10.9. The van der Waals surface area contributed by atoms with Crippen molar-refractivity contribution in [2.45, 2.75) is 0 Å². The van der Waals surface area contributed by atoms with Gasteiger partial charge in [0.05, 0.1) is 11.1 Å². The number of fused-ring (bicyclic) bond motifs is 5. The van der Waals surface area contributed by atoms with E-state index in [1.165, 1.54) is 21.7 Å². The molecule has 0 saturated heterocycles. The van der Waals surface area contributed by atoms with Gasteiger partial charge in [-0.2, -0.15) is 0 Å². The molecule has 0 unspecified atom stereocenters. The summed E-state index contributed by atoms with van der Waals surface area (Å²) >= 11 is 0. The fourth-order valence-corrected chi connectivity index (χ4v) is 8.06. The standard InChI is InChI=1S/C53H34N4O/c1-3-15-38(16-4-1)51-54-52(39-17-5-2-6-18-39)56-53(55-51)45-21-11-23-47-49(45)50-46(22-12-24-48(50)58-47)57(44-32-29-36-14-8-10-20-41(36)34-44)43-30-27-37(28-31-43)42-26-25-35-13-7-9-19-40(35)33-42/h1-34H. The van der Waals surface area contributed by atoms with Crippen molar-refractivity contribution >= 4 is 60.5 Å². The lowest BCUT2D eigenvalue weighted by Gasteiger charge is -2.27. The Kier molecular flexibility index (Phi) is 8.07. The van der Waals surface area contributed by atoms with E-state index in [2.05, 4.69) is 132 Å². The van der Waals surface area contributed by atoms with Crippen molar-refractivity contribution in [1.29, 1.82) is 0 Å². The summed E-state index contributed by atoms with van der Waals surface area (Å²) in [5.41, 5.74) is 9.62. The van der Waals surface area contributed by atoms with Crippen LogP contribution in [0.5, 0.6) is 0 Å². The predicted molar refractivity (Wildman–Crippen MR) is 239 cm³/mol. The van der Waals surface area contributed by atoms with E-state index < -0.39 is 0 Å². The number of benzene rings is 9. The zero-order valence-electron chi connectivity index (χ0n) is 31.3. The maximum Gasteiger partial charge on any atom is 0.164 e. The van der Waals surface area contributed by atoms with Crippen LogP contribution in [0.15, 0.2) is 211 Å². The summed E-state index contributed by atoms with van der Waals surface area (Å²) in [4.78, 5) is 17.6. The van der Waals surface area contributed by atoms with Gasteiger partial charge in [-0.05, 0) is 81.2 Å². The summed E-state index contributed by atoms with van der Waals surface area (Å²) in [5.74, 6) is 1.80. The molecule has 2 heterocycles. The van der Waals surface area contributed by atoms with Gasteiger partial charge in [0.25, 0.3) is 0 Å². The molecule has 58 heavy (non-hydrogen) atoms. The average molecular weight is 743 g/mol. The minimum absolute atomic E-state index is 0.577. The molecule has 9 aromatic carbocycles. The molecule has 0 fully saturated rings. The number of aromatic nitrogens is 3. The largest absolute Gasteiger partial charge is 0.456 e. The topological polar surface area (TPSA) is 55.1 Å². The Balaban J connectivity index is 1.13. The zero-order chi connectivity index (χ0) is 38.4. The fourth-order valence-electron chi connectivity index (χ4n) is 8.06. The van der Waals surface area contributed by atoms with Crippen LogP contribution >= 0.6 is 0 Å². The molecule has 0 amide bonds. The Morgan fingerprint density at radius 2 is 0.845 bits per heavy atom. The smallest absolute Gasteiger partial charge is 0.164 e. The van der Waals surface area contributed by atoms with Crippen molar-refractivity contribution in [1.82, 2.24) is 15.0 Å². The lowest BCUT2D eigenvalue weighted by molar-refractivity contribution is 0.669. The lowest BCUT2D eigenvalue weighted by Crippen LogP contribution is -2.10. The maximum atomic E-state index is 6.69. The molecule has 272 valence electrons. The Morgan fingerprint density at radius 1 is 0.328 bits per heavy atom. The van der Waals surface area contributed by atoms with Crippen LogP contribution in [0.1, 0.15) is 0 Å². The number of hydrogen-bond donors (Lipinski definition) is 0. The number of nitrogens with zero attached hydrogens (tertiary/aromatic N) is 4. The van der Waals surface area contributed by atoms with E-state index in [9.17, 15) is 0 Å². The number of furan rings is 1. The van der Waals surface area contributed by atoms with Gasteiger partial charge in [-0.25, -0.2) is 15.0 Å². The van der Waals surface area contributed by atoms with E-state index in [0.717, 1.165) is 66.6 Å². The van der Waals surface area contributed by atoms with Gasteiger partial charge in [-0.3, -0.25) is 0 Å². The minimum Gasteiger partial charge on any atom is -0.456 e. The van der Waals surface area contributed by atoms with Gasteiger partial charge in [0.15, 0.2) is 17.5 Å². The van der Waals surface area contributed by atoms with Crippen molar-refractivity contribution in [2.75, 3.05) is 4.90 Å². The van der Waals surface area contributed by atoms with Crippen LogP contribution in [0.2, 0.25) is 0 Å². The van der Waals surface area contributed by atoms with Crippen LogP contribution in [0.3, 0.4) is 0 Å². The van der Waals surface area contributed by atoms with Gasteiger partial charge in [0.1, 0.15) is 11.2 Å². The molecule has 0 aliphatic heterocycles. The van der Waals surface area contributed by atoms with Crippen molar-refractivity contribution in [3.8, 4) is 45.3 Å². The highest BCUT2D eigenvalue weighted by molar-refractivity contribution is 6.18. The molecule has 11 aromatic rings. The number of rotatable bonds is 7. The molecule has 2 aromatic heterocycles. The molecule has 0 N–H and O–H groups in total. The average Bonchev–Trinajstić information content (AvgIpc) is 3.69. The fraction of sp³-hybridized carbons (Fsp3) is 0. The van der Waals surface area contributed by atoms with Gasteiger partial charge in [-0.15, -0.1) is 0 Å². The SMILES string of the molecule is c1ccc(-c2nc(-c3ccccc3)nc(-c3cccc4oc5cccc(N(c6ccc(-c7ccc8ccccc8c7)cc6)c6ccc7ccccc7c6)c5c34)n2)cc1. The molecule has 5 nitrogen and oxygen atoms in total. The zero-order valence-corrected chi connectivity index (χ0v) is 31.3. The first-order chi connectivity index (χ1) is 28.7. The van der Waals surface area contributed by atoms with Crippen molar-refractivity contribution < 1.29 is 4.42 Å². The van der Waals surface area contributed by atoms with E-state index in [-0.39, 0.29) is 0 Å². The highest BCUT2D eigenvalue weighted by atomic mass is 16.3. The highest BCUT2D eigenvalue weighted by Gasteiger charge is 2.23. The Labute approximate surface area is 335 Å². The van der Waals surface area contributed by atoms with Crippen LogP contribution in [-0.4, -0.2) is 15.0 Å². The Morgan fingerprint density at radius 3 is 1.52 bits per heavy atom. The van der Waals surface area contributed by atoms with E-state index in [1.54, 1.807) is 0 Å². The van der Waals surface area contributed by atoms with Crippen LogP contribution in [0, 0.1) is 0 Å². The van der Waals surface area contributed by atoms with Crippen LogP contribution in [-0.2, 0) is 0 Å². The van der Waals surface area contributed by atoms with E-state index in [0.29, 0.717) is 17.5 Å². The van der Waals surface area contributed by atoms with Crippen LogP contribution < -0.4 is 4.90 Å². The summed E-state index contributed by atoms with van der Waals surface area (Å²) in [6.07, 6.45) is 0. The molecule has 0 saturated carbocycles. The van der Waals surface area contributed by atoms with Gasteiger partial charge >= 0.3 is 0 Å². The first-order valence-corrected chi connectivity index (χ1v) is 19.4. The molecule has 0 bridgehead atoms. The first-order valence-electron chi connectivity index (χ1n) is 19.4. The van der Waals surface area contributed by atoms with Crippen LogP contribution in [0.4, 0.5) is 17.1 Å². The quantitative estimate of drug-likeness (QED) is 0.163. The summed E-state index contributed by atoms with van der Waals surface area (Å²) in [5, 5.41) is 6.72. The van der Waals surface area contributed by atoms with E-state index in [4.69, 9.17) is 19.4 Å². The molecule has 5 heteroatoms. The summed E-state index contributed by atoms with van der Waals surface area (Å²) in [6.45, 7) is 0. The van der Waals surface area contributed by atoms with E-state index in [1.807, 2.05) is 78.9 Å².